The van der Waals surface area contributed by atoms with Gasteiger partial charge < -0.3 is 10.2 Å². The fourth-order valence-electron chi connectivity index (χ4n) is 2.30. The summed E-state index contributed by atoms with van der Waals surface area (Å²) in [5.41, 5.74) is 0.000538. The number of carboxylic acid groups (broad SMARTS) is 2. The van der Waals surface area contributed by atoms with Crippen molar-refractivity contribution in [1.29, 1.82) is 0 Å². The zero-order chi connectivity index (χ0) is 16.6. The lowest BCUT2D eigenvalue weighted by Crippen LogP contribution is -2.27. The van der Waals surface area contributed by atoms with E-state index in [2.05, 4.69) is 4.98 Å². The number of aromatic nitrogens is 2. The number of hydrogen-bond acceptors (Lipinski definition) is 5. The summed E-state index contributed by atoms with van der Waals surface area (Å²) < 4.78 is 1.34. The van der Waals surface area contributed by atoms with E-state index in [1.165, 1.54) is 4.57 Å². The fraction of sp³-hybridized carbons (Fsp3) is 0.429. The lowest BCUT2D eigenvalue weighted by Gasteiger charge is -2.14. The molecule has 0 amide bonds. The Morgan fingerprint density at radius 1 is 1.32 bits per heavy atom. The number of hydrogen-bond donors (Lipinski definition) is 2. The van der Waals surface area contributed by atoms with Crippen molar-refractivity contribution in [3.8, 4) is 0 Å². The summed E-state index contributed by atoms with van der Waals surface area (Å²) in [5, 5.41) is 18.3. The third kappa shape index (κ3) is 2.74. The molecule has 0 aliphatic heterocycles. The van der Waals surface area contributed by atoms with E-state index in [4.69, 9.17) is 5.11 Å². The lowest BCUT2D eigenvalue weighted by atomic mass is 10.1. The van der Waals surface area contributed by atoms with Crippen LogP contribution in [0.1, 0.15) is 47.2 Å². The first-order chi connectivity index (χ1) is 10.2. The van der Waals surface area contributed by atoms with Gasteiger partial charge in [0.2, 0.25) is 0 Å². The van der Waals surface area contributed by atoms with Crippen LogP contribution in [0.15, 0.2) is 4.79 Å². The first-order valence-corrected chi connectivity index (χ1v) is 7.54. The molecule has 0 aliphatic rings. The van der Waals surface area contributed by atoms with E-state index in [1.807, 2.05) is 13.8 Å². The highest BCUT2D eigenvalue weighted by molar-refractivity contribution is 7.20. The van der Waals surface area contributed by atoms with Gasteiger partial charge in [0.1, 0.15) is 15.5 Å². The van der Waals surface area contributed by atoms with Gasteiger partial charge in [0, 0.05) is 12.5 Å². The number of carbonyl (C=O) groups is 2. The quantitative estimate of drug-likeness (QED) is 0.871. The number of carboxylic acids is 2. The topological polar surface area (TPSA) is 109 Å². The molecule has 0 bridgehead atoms. The fourth-order valence-corrected chi connectivity index (χ4v) is 3.32. The van der Waals surface area contributed by atoms with Crippen molar-refractivity contribution < 1.29 is 19.8 Å². The Hall–Kier alpha value is -2.22. The molecule has 2 rings (SSSR count). The number of aryl methyl sites for hydroxylation is 1. The SMILES string of the molecule is Cc1c(C(=O)O)sc2nc(C(C)C)n(CCC(=O)O)c(=O)c12. The van der Waals surface area contributed by atoms with E-state index >= 15 is 0 Å². The number of rotatable bonds is 5. The molecular weight excluding hydrogens is 308 g/mol. The highest BCUT2D eigenvalue weighted by Crippen LogP contribution is 2.28. The van der Waals surface area contributed by atoms with Crippen LogP contribution in [-0.2, 0) is 11.3 Å². The average molecular weight is 324 g/mol. The normalized spacial score (nSPS) is 11.3. The summed E-state index contributed by atoms with van der Waals surface area (Å²) in [6.45, 7) is 5.29. The Morgan fingerprint density at radius 2 is 1.95 bits per heavy atom. The Balaban J connectivity index is 2.76. The molecule has 0 radical (unpaired) electrons. The lowest BCUT2D eigenvalue weighted by molar-refractivity contribution is -0.137. The van der Waals surface area contributed by atoms with Crippen LogP contribution in [0.25, 0.3) is 10.2 Å². The van der Waals surface area contributed by atoms with Crippen molar-refractivity contribution >= 4 is 33.5 Å². The van der Waals surface area contributed by atoms with Crippen LogP contribution in [0.3, 0.4) is 0 Å². The Bertz CT molecular complexity index is 819. The summed E-state index contributed by atoms with van der Waals surface area (Å²) >= 11 is 0.971. The van der Waals surface area contributed by atoms with Gasteiger partial charge in [-0.05, 0) is 12.5 Å². The molecule has 0 aliphatic carbocycles. The zero-order valence-corrected chi connectivity index (χ0v) is 13.2. The molecule has 0 saturated heterocycles. The first-order valence-electron chi connectivity index (χ1n) is 6.73. The van der Waals surface area contributed by atoms with E-state index < -0.39 is 11.9 Å². The monoisotopic (exact) mass is 324 g/mol. The van der Waals surface area contributed by atoms with E-state index in [9.17, 15) is 19.5 Å². The Morgan fingerprint density at radius 3 is 2.45 bits per heavy atom. The standard InChI is InChI=1S/C14H16N2O5S/c1-6(2)11-15-12-9(7(3)10(22-12)14(20)21)13(19)16(11)5-4-8(17)18/h6H,4-5H2,1-3H3,(H,17,18)(H,20,21). The van der Waals surface area contributed by atoms with Gasteiger partial charge in [0.25, 0.3) is 5.56 Å². The maximum atomic E-state index is 12.7. The van der Waals surface area contributed by atoms with E-state index in [0.29, 0.717) is 16.2 Å². The minimum atomic E-state index is -1.09. The second-order valence-corrected chi connectivity index (χ2v) is 6.27. The summed E-state index contributed by atoms with van der Waals surface area (Å²) in [7, 11) is 0. The molecule has 7 nitrogen and oxygen atoms in total. The smallest absolute Gasteiger partial charge is 0.346 e. The van der Waals surface area contributed by atoms with Gasteiger partial charge >= 0.3 is 11.9 Å². The largest absolute Gasteiger partial charge is 0.481 e. The molecule has 0 unspecified atom stereocenters. The Labute approximate surface area is 129 Å². The van der Waals surface area contributed by atoms with Gasteiger partial charge in [-0.3, -0.25) is 14.2 Å². The Kier molecular flexibility index (Phi) is 4.32. The van der Waals surface area contributed by atoms with Crippen molar-refractivity contribution in [2.45, 2.75) is 39.7 Å². The van der Waals surface area contributed by atoms with Crippen LogP contribution < -0.4 is 5.56 Å². The van der Waals surface area contributed by atoms with Gasteiger partial charge in [-0.1, -0.05) is 13.8 Å². The van der Waals surface area contributed by atoms with Crippen molar-refractivity contribution in [1.82, 2.24) is 9.55 Å². The maximum absolute atomic E-state index is 12.7. The minimum absolute atomic E-state index is 0.0162. The molecule has 0 saturated carbocycles. The predicted octanol–water partition coefficient (Wildman–Crippen LogP) is 2.06. The molecular formula is C14H16N2O5S. The van der Waals surface area contributed by atoms with Crippen LogP contribution in [0.4, 0.5) is 0 Å². The average Bonchev–Trinajstić information content (AvgIpc) is 2.74. The highest BCUT2D eigenvalue weighted by Gasteiger charge is 2.22. The molecule has 0 atom stereocenters. The number of aromatic carboxylic acids is 1. The van der Waals surface area contributed by atoms with Crippen LogP contribution in [0.2, 0.25) is 0 Å². The van der Waals surface area contributed by atoms with Crippen LogP contribution in [0, 0.1) is 6.92 Å². The molecule has 0 spiro atoms. The van der Waals surface area contributed by atoms with Gasteiger partial charge in [-0.15, -0.1) is 11.3 Å². The third-order valence-electron chi connectivity index (χ3n) is 3.34. The first kappa shape index (κ1) is 16.2. The molecule has 2 aromatic heterocycles. The second kappa shape index (κ2) is 5.88. The van der Waals surface area contributed by atoms with E-state index in [1.54, 1.807) is 6.92 Å². The van der Waals surface area contributed by atoms with Crippen LogP contribution in [0.5, 0.6) is 0 Å². The number of fused-ring (bicyclic) bond motifs is 1. The zero-order valence-electron chi connectivity index (χ0n) is 12.4. The van der Waals surface area contributed by atoms with Crippen molar-refractivity contribution in [3.05, 3.63) is 26.6 Å². The van der Waals surface area contributed by atoms with Crippen molar-refractivity contribution in [2.75, 3.05) is 0 Å². The number of nitrogens with zero attached hydrogens (tertiary/aromatic N) is 2. The van der Waals surface area contributed by atoms with Gasteiger partial charge in [-0.2, -0.15) is 0 Å². The summed E-state index contributed by atoms with van der Waals surface area (Å²) in [6, 6.07) is 0. The predicted molar refractivity (Wildman–Crippen MR) is 81.9 cm³/mol. The molecule has 0 aromatic carbocycles. The molecule has 0 fully saturated rings. The summed E-state index contributed by atoms with van der Waals surface area (Å²) in [5.74, 6) is -1.71. The van der Waals surface area contributed by atoms with Crippen LogP contribution >= 0.6 is 11.3 Å². The molecule has 118 valence electrons. The maximum Gasteiger partial charge on any atom is 0.346 e. The summed E-state index contributed by atoms with van der Waals surface area (Å²) in [6.07, 6.45) is -0.193. The minimum Gasteiger partial charge on any atom is -0.481 e. The van der Waals surface area contributed by atoms with E-state index in [0.717, 1.165) is 11.3 Å². The van der Waals surface area contributed by atoms with Gasteiger partial charge in [-0.25, -0.2) is 9.78 Å². The molecule has 2 aromatic rings. The molecule has 22 heavy (non-hydrogen) atoms. The van der Waals surface area contributed by atoms with Gasteiger partial charge in [0.15, 0.2) is 0 Å². The number of thiophene rings is 1. The second-order valence-electron chi connectivity index (χ2n) is 5.27. The number of aliphatic carboxylic acids is 1. The molecule has 2 N–H and O–H groups in total. The van der Waals surface area contributed by atoms with Crippen molar-refractivity contribution in [3.63, 3.8) is 0 Å². The summed E-state index contributed by atoms with van der Waals surface area (Å²) in [4.78, 5) is 39.5. The molecule has 2 heterocycles. The van der Waals surface area contributed by atoms with Gasteiger partial charge in [0.05, 0.1) is 11.8 Å². The van der Waals surface area contributed by atoms with Crippen LogP contribution in [-0.4, -0.2) is 31.7 Å². The van der Waals surface area contributed by atoms with Crippen molar-refractivity contribution in [2.24, 2.45) is 0 Å². The third-order valence-corrected chi connectivity index (χ3v) is 4.51. The highest BCUT2D eigenvalue weighted by atomic mass is 32.1. The molecule has 8 heteroatoms. The van der Waals surface area contributed by atoms with E-state index in [-0.39, 0.29) is 34.7 Å².